The van der Waals surface area contributed by atoms with Crippen LogP contribution in [0.5, 0.6) is 0 Å². The van der Waals surface area contributed by atoms with Crippen molar-refractivity contribution in [1.82, 2.24) is 0 Å². The molecule has 0 aromatic carbocycles. The van der Waals surface area contributed by atoms with Gasteiger partial charge < -0.3 is 18.3 Å². The van der Waals surface area contributed by atoms with Crippen LogP contribution in [0.15, 0.2) is 11.8 Å². The Morgan fingerprint density at radius 1 is 1.04 bits per heavy atom. The molecule has 1 heterocycles. The lowest BCUT2D eigenvalue weighted by Gasteiger charge is -2.43. The van der Waals surface area contributed by atoms with Crippen LogP contribution in [0, 0.1) is 11.8 Å². The Kier molecular flexibility index (Phi) is 8.25. The van der Waals surface area contributed by atoms with Crippen molar-refractivity contribution >= 4 is 16.6 Å². The maximum atomic E-state index is 6.58. The van der Waals surface area contributed by atoms with E-state index in [4.69, 9.17) is 18.3 Å². The lowest BCUT2D eigenvalue weighted by molar-refractivity contribution is -0.134. The first-order valence-corrected chi connectivity index (χ1v) is 16.5. The highest BCUT2D eigenvalue weighted by Gasteiger charge is 2.46. The molecule has 0 aromatic heterocycles. The lowest BCUT2D eigenvalue weighted by Crippen LogP contribution is -2.46. The maximum Gasteiger partial charge on any atom is 0.249 e. The molecule has 0 amide bonds. The summed E-state index contributed by atoms with van der Waals surface area (Å²) < 4.78 is 24.8. The molecule has 4 nitrogen and oxygen atoms in total. The van der Waals surface area contributed by atoms with Crippen molar-refractivity contribution in [3.63, 3.8) is 0 Å². The number of ether oxygens (including phenoxy) is 2. The van der Waals surface area contributed by atoms with Crippen molar-refractivity contribution in [3.8, 4) is 0 Å². The van der Waals surface area contributed by atoms with Crippen LogP contribution >= 0.6 is 0 Å². The summed E-state index contributed by atoms with van der Waals surface area (Å²) in [7, 11) is -2.08. The third-order valence-corrected chi connectivity index (χ3v) is 16.6. The molecule has 1 aliphatic heterocycles. The van der Waals surface area contributed by atoms with Crippen LogP contribution in [-0.4, -0.2) is 42.7 Å². The average molecular weight is 431 g/mol. The van der Waals surface area contributed by atoms with Crippen LogP contribution in [0.2, 0.25) is 36.3 Å². The van der Waals surface area contributed by atoms with Crippen LogP contribution in [0.1, 0.15) is 55.4 Å². The molecule has 1 rings (SSSR count). The van der Waals surface area contributed by atoms with Gasteiger partial charge >= 0.3 is 0 Å². The first-order valence-electron chi connectivity index (χ1n) is 10.7. The maximum absolute atomic E-state index is 6.58. The van der Waals surface area contributed by atoms with Crippen LogP contribution in [0.3, 0.4) is 0 Å². The van der Waals surface area contributed by atoms with Crippen LogP contribution in [0.4, 0.5) is 0 Å². The molecule has 1 saturated heterocycles. The minimum Gasteiger partial charge on any atom is -0.549 e. The predicted molar refractivity (Wildman–Crippen MR) is 124 cm³/mol. The van der Waals surface area contributed by atoms with E-state index >= 15 is 0 Å². The second kappa shape index (κ2) is 8.92. The summed E-state index contributed by atoms with van der Waals surface area (Å²) in [6, 6.07) is 0. The molecule has 0 radical (unpaired) electrons. The molecule has 0 saturated carbocycles. The summed E-state index contributed by atoms with van der Waals surface area (Å²) in [6.07, 6.45) is 1.61. The Hall–Kier alpha value is -0.146. The Bertz CT molecular complexity index is 547. The first-order chi connectivity index (χ1) is 12.5. The fraction of sp³-hybridized carbons (Fsp3) is 0.909. The summed E-state index contributed by atoms with van der Waals surface area (Å²) in [4.78, 5) is 0. The van der Waals surface area contributed by atoms with Gasteiger partial charge in [-0.15, -0.1) is 0 Å². The number of rotatable bonds is 8. The minimum atomic E-state index is -1.92. The van der Waals surface area contributed by atoms with Gasteiger partial charge in [0.15, 0.2) is 14.6 Å². The predicted octanol–water partition coefficient (Wildman–Crippen LogP) is 6.56. The zero-order valence-electron chi connectivity index (χ0n) is 20.7. The van der Waals surface area contributed by atoms with Crippen molar-refractivity contribution in [3.05, 3.63) is 11.8 Å². The van der Waals surface area contributed by atoms with Gasteiger partial charge in [-0.2, -0.15) is 0 Å². The van der Waals surface area contributed by atoms with Gasteiger partial charge in [-0.1, -0.05) is 55.4 Å². The summed E-state index contributed by atoms with van der Waals surface area (Å²) in [5.74, 6) is 0.729. The monoisotopic (exact) mass is 430 g/mol. The van der Waals surface area contributed by atoms with Crippen molar-refractivity contribution in [2.75, 3.05) is 13.7 Å². The van der Waals surface area contributed by atoms with E-state index in [2.05, 4.69) is 81.6 Å². The quantitative estimate of drug-likeness (QED) is 0.323. The zero-order chi connectivity index (χ0) is 22.1. The summed E-state index contributed by atoms with van der Waals surface area (Å²) in [6.45, 7) is 27.9. The summed E-state index contributed by atoms with van der Waals surface area (Å²) in [5.41, 5.74) is 1.16. The molecule has 6 heteroatoms. The SMILES string of the molecule is CO[C@H]1O[C@H](CO[Si](C)(C)C(C)(C)C(C)C)/C(=C/O[Si](C)(C)C(C)(C)C)[C@@H]1C. The molecular formula is C22H46O4Si2. The first kappa shape index (κ1) is 25.9. The summed E-state index contributed by atoms with van der Waals surface area (Å²) in [5, 5.41) is 0.342. The van der Waals surface area contributed by atoms with Crippen LogP contribution < -0.4 is 0 Å². The minimum absolute atomic E-state index is 0.112. The van der Waals surface area contributed by atoms with E-state index in [1.165, 1.54) is 0 Å². The van der Waals surface area contributed by atoms with Crippen LogP contribution in [-0.2, 0) is 18.3 Å². The van der Waals surface area contributed by atoms with E-state index in [1.54, 1.807) is 7.11 Å². The van der Waals surface area contributed by atoms with Gasteiger partial charge in [0.2, 0.25) is 8.32 Å². The van der Waals surface area contributed by atoms with Crippen molar-refractivity contribution in [1.29, 1.82) is 0 Å². The smallest absolute Gasteiger partial charge is 0.249 e. The standard InChI is InChI=1S/C22H46O4Si2/c1-16(2)22(7,8)28(12,13)25-15-19-18(17(3)20(23-9)26-19)14-24-27(10,11)21(4,5)6/h14,16-17,19-20H,15H2,1-13H3/b18-14+/t17-,19+,20-/m0/s1. The van der Waals surface area contributed by atoms with Gasteiger partial charge in [0, 0.05) is 18.6 Å². The lowest BCUT2D eigenvalue weighted by atomic mass is 9.99. The number of methoxy groups -OCH3 is 1. The molecular weight excluding hydrogens is 384 g/mol. The average Bonchev–Trinajstić information content (AvgIpc) is 2.85. The molecule has 0 aliphatic carbocycles. The molecule has 1 fully saturated rings. The molecule has 0 bridgehead atoms. The second-order valence-electron chi connectivity index (χ2n) is 11.2. The Labute approximate surface area is 176 Å². The third-order valence-electron chi connectivity index (χ3n) is 7.72. The second-order valence-corrected chi connectivity index (χ2v) is 20.6. The Morgan fingerprint density at radius 2 is 1.57 bits per heavy atom. The van der Waals surface area contributed by atoms with Crippen molar-refractivity contribution < 1.29 is 18.3 Å². The highest BCUT2D eigenvalue weighted by atomic mass is 28.4. The van der Waals surface area contributed by atoms with Gasteiger partial charge in [-0.3, -0.25) is 0 Å². The molecule has 28 heavy (non-hydrogen) atoms. The highest BCUT2D eigenvalue weighted by Crippen LogP contribution is 2.45. The molecule has 3 atom stereocenters. The molecule has 0 spiro atoms. The van der Waals surface area contributed by atoms with Crippen molar-refractivity contribution in [2.24, 2.45) is 11.8 Å². The Morgan fingerprint density at radius 3 is 2.00 bits per heavy atom. The Balaban J connectivity index is 3.01. The van der Waals surface area contributed by atoms with E-state index in [1.807, 2.05) is 6.26 Å². The van der Waals surface area contributed by atoms with Gasteiger partial charge in [0.05, 0.1) is 12.9 Å². The topological polar surface area (TPSA) is 36.9 Å². The van der Waals surface area contributed by atoms with Crippen LogP contribution in [0.25, 0.3) is 0 Å². The fourth-order valence-corrected chi connectivity index (χ4v) is 6.06. The highest BCUT2D eigenvalue weighted by molar-refractivity contribution is 6.74. The zero-order valence-corrected chi connectivity index (χ0v) is 22.7. The van der Waals surface area contributed by atoms with E-state index in [0.29, 0.717) is 12.5 Å². The molecule has 0 aromatic rings. The molecule has 1 aliphatic rings. The van der Waals surface area contributed by atoms with Gasteiger partial charge in [-0.25, -0.2) is 0 Å². The van der Waals surface area contributed by atoms with E-state index < -0.39 is 16.6 Å². The largest absolute Gasteiger partial charge is 0.549 e. The molecule has 0 N–H and O–H groups in total. The third kappa shape index (κ3) is 5.51. The summed E-state index contributed by atoms with van der Waals surface area (Å²) >= 11 is 0. The molecule has 166 valence electrons. The van der Waals surface area contributed by atoms with Gasteiger partial charge in [-0.05, 0) is 42.2 Å². The van der Waals surface area contributed by atoms with E-state index in [9.17, 15) is 0 Å². The van der Waals surface area contributed by atoms with Crippen molar-refractivity contribution in [2.45, 2.75) is 104 Å². The number of hydrogen-bond acceptors (Lipinski definition) is 4. The van der Waals surface area contributed by atoms with Gasteiger partial charge in [0.25, 0.3) is 0 Å². The van der Waals surface area contributed by atoms with E-state index in [-0.39, 0.29) is 28.4 Å². The normalized spacial score (nSPS) is 26.4. The fourth-order valence-electron chi connectivity index (χ4n) is 2.94. The van der Waals surface area contributed by atoms with Gasteiger partial charge in [0.1, 0.15) is 6.10 Å². The number of hydrogen-bond donors (Lipinski definition) is 0. The molecule has 0 unspecified atom stereocenters. The van der Waals surface area contributed by atoms with E-state index in [0.717, 1.165) is 5.57 Å².